The second-order valence-corrected chi connectivity index (χ2v) is 11.0. The Bertz CT molecular complexity index is 1130. The largest absolute Gasteiger partial charge is 0.302 e. The zero-order chi connectivity index (χ0) is 22.2. The smallest absolute Gasteiger partial charge is 0.250 e. The van der Waals surface area contributed by atoms with Crippen LogP contribution in [-0.4, -0.2) is 11.0 Å². The Morgan fingerprint density at radius 1 is 0.600 bits per heavy atom. The molecule has 3 aromatic carbocycles. The van der Waals surface area contributed by atoms with E-state index in [-0.39, 0.29) is 46.6 Å². The molecule has 3 rings (SSSR count). The molecule has 0 unspecified atom stereocenters. The van der Waals surface area contributed by atoms with Crippen molar-refractivity contribution in [2.24, 2.45) is 0 Å². The maximum absolute atomic E-state index is 14.3. The molecule has 3 nitrogen and oxygen atoms in total. The first-order chi connectivity index (χ1) is 14.1. The van der Waals surface area contributed by atoms with Crippen molar-refractivity contribution < 1.29 is 14.2 Å². The lowest BCUT2D eigenvalue weighted by molar-refractivity contribution is 0.104. The summed E-state index contributed by atoms with van der Waals surface area (Å²) in [5.41, 5.74) is -2.73. The van der Waals surface area contributed by atoms with Crippen LogP contribution in [0.5, 0.6) is 0 Å². The van der Waals surface area contributed by atoms with Crippen LogP contribution in [0.25, 0.3) is 0 Å². The summed E-state index contributed by atoms with van der Waals surface area (Å²) in [6, 6.07) is 12.5. The van der Waals surface area contributed by atoms with Gasteiger partial charge in [-0.1, -0.05) is 81.7 Å². The fourth-order valence-corrected chi connectivity index (χ4v) is 7.32. The second kappa shape index (κ2) is 9.22. The van der Waals surface area contributed by atoms with Crippen LogP contribution in [-0.2, 0) is 4.57 Å². The number of benzene rings is 3. The molecule has 30 heavy (non-hydrogen) atoms. The molecule has 0 atom stereocenters. The van der Waals surface area contributed by atoms with Gasteiger partial charge in [0.25, 0.3) is 0 Å². The van der Waals surface area contributed by atoms with Gasteiger partial charge in [-0.15, -0.1) is 0 Å². The van der Waals surface area contributed by atoms with Gasteiger partial charge in [0, 0.05) is 10.3 Å². The molecule has 0 radical (unpaired) electrons. The van der Waals surface area contributed by atoms with Gasteiger partial charge in [0.2, 0.25) is 18.2 Å². The van der Waals surface area contributed by atoms with E-state index < -0.39 is 18.2 Å². The van der Waals surface area contributed by atoms with Gasteiger partial charge in [0.05, 0.1) is 36.2 Å². The Kier molecular flexibility index (Phi) is 7.26. The molecule has 0 heterocycles. The number of carbonyl (C=O) groups is 2. The van der Waals surface area contributed by atoms with Crippen molar-refractivity contribution in [2.45, 2.75) is 0 Å². The first kappa shape index (κ1) is 23.6. The third-order valence-electron chi connectivity index (χ3n) is 4.17. The van der Waals surface area contributed by atoms with E-state index >= 15 is 0 Å². The lowest BCUT2D eigenvalue weighted by Crippen LogP contribution is -2.22. The minimum atomic E-state index is -4.67. The lowest BCUT2D eigenvalue weighted by atomic mass is 10.2. The summed E-state index contributed by atoms with van der Waals surface area (Å²) in [5.74, 6) is 0. The maximum atomic E-state index is 14.3. The van der Waals surface area contributed by atoms with E-state index in [9.17, 15) is 14.2 Å². The van der Waals surface area contributed by atoms with Crippen LogP contribution in [0.1, 0.15) is 20.7 Å². The number of rotatable bonds is 5. The van der Waals surface area contributed by atoms with Crippen LogP contribution in [0.2, 0.25) is 30.1 Å². The highest BCUT2D eigenvalue weighted by Gasteiger charge is 2.46. The van der Waals surface area contributed by atoms with Crippen LogP contribution in [0.3, 0.4) is 0 Å². The van der Waals surface area contributed by atoms with Crippen LogP contribution in [0.4, 0.5) is 0 Å². The zero-order valence-corrected chi connectivity index (χ0v) is 20.1. The van der Waals surface area contributed by atoms with Gasteiger partial charge in [-0.2, -0.15) is 0 Å². The van der Waals surface area contributed by atoms with Crippen LogP contribution >= 0.6 is 76.7 Å². The molecule has 3 aromatic rings. The Morgan fingerprint density at radius 2 is 1.00 bits per heavy atom. The molecule has 0 saturated carbocycles. The number of hydrogen-bond acceptors (Lipinski definition) is 3. The molecular formula is C20H9Cl6O3P. The predicted octanol–water partition coefficient (Wildman–Crippen LogP) is 8.28. The zero-order valence-electron chi connectivity index (χ0n) is 14.6. The fraction of sp³-hybridized carbons (Fsp3) is 0. The summed E-state index contributed by atoms with van der Waals surface area (Å²) in [6.45, 7) is 0. The van der Waals surface area contributed by atoms with Crippen LogP contribution in [0, 0.1) is 0 Å². The molecule has 0 bridgehead atoms. The SMILES string of the molecule is O=C(c1c(Cl)cccc1Cl)P(=O)(C(=O)c1c(Cl)cccc1Cl)c1ccc(Cl)cc1Cl. The molecule has 0 aromatic heterocycles. The summed E-state index contributed by atoms with van der Waals surface area (Å²) < 4.78 is 14.3. The highest BCUT2D eigenvalue weighted by atomic mass is 35.5. The van der Waals surface area contributed by atoms with E-state index in [1.54, 1.807) is 0 Å². The van der Waals surface area contributed by atoms with Crippen molar-refractivity contribution in [1.82, 2.24) is 0 Å². The van der Waals surface area contributed by atoms with Crippen molar-refractivity contribution in [1.29, 1.82) is 0 Å². The number of halogens is 6. The van der Waals surface area contributed by atoms with Gasteiger partial charge in [0.15, 0.2) is 0 Å². The standard InChI is InChI=1S/C20H9Cl6O3P/c21-10-7-8-16(15(26)9-10)30(29,19(27)17-11(22)3-1-4-12(17)23)20(28)18-13(24)5-2-6-14(18)25/h1-9H. The van der Waals surface area contributed by atoms with E-state index in [0.717, 1.165) is 0 Å². The van der Waals surface area contributed by atoms with E-state index in [1.165, 1.54) is 54.6 Å². The van der Waals surface area contributed by atoms with Crippen LogP contribution in [0.15, 0.2) is 54.6 Å². The lowest BCUT2D eigenvalue weighted by Gasteiger charge is -2.20. The van der Waals surface area contributed by atoms with Crippen molar-refractivity contribution in [3.63, 3.8) is 0 Å². The molecule has 10 heteroatoms. The molecule has 0 fully saturated rings. The van der Waals surface area contributed by atoms with E-state index in [4.69, 9.17) is 69.6 Å². The Labute approximate surface area is 202 Å². The highest BCUT2D eigenvalue weighted by Crippen LogP contribution is 2.55. The van der Waals surface area contributed by atoms with Gasteiger partial charge < -0.3 is 4.57 Å². The average molecular weight is 541 g/mol. The van der Waals surface area contributed by atoms with Crippen molar-refractivity contribution in [3.05, 3.63) is 95.9 Å². The van der Waals surface area contributed by atoms with E-state index in [2.05, 4.69) is 0 Å². The molecule has 0 spiro atoms. The summed E-state index contributed by atoms with van der Waals surface area (Å²) in [7, 11) is -4.67. The van der Waals surface area contributed by atoms with Gasteiger partial charge in [-0.25, -0.2) is 0 Å². The summed E-state index contributed by atoms with van der Waals surface area (Å²) in [5, 5.41) is -0.436. The number of hydrogen-bond donors (Lipinski definition) is 0. The maximum Gasteiger partial charge on any atom is 0.250 e. The third kappa shape index (κ3) is 4.18. The van der Waals surface area contributed by atoms with Gasteiger partial charge >= 0.3 is 0 Å². The first-order valence-corrected chi connectivity index (χ1v) is 12.1. The van der Waals surface area contributed by atoms with Gasteiger partial charge in [0.1, 0.15) is 0 Å². The van der Waals surface area contributed by atoms with Crippen molar-refractivity contribution >= 4 is 93.1 Å². The quantitative estimate of drug-likeness (QED) is 0.306. The minimum Gasteiger partial charge on any atom is -0.302 e. The summed E-state index contributed by atoms with van der Waals surface area (Å²) in [4.78, 5) is 27.1. The molecule has 0 aliphatic heterocycles. The summed E-state index contributed by atoms with van der Waals surface area (Å²) >= 11 is 36.8. The molecule has 0 amide bonds. The van der Waals surface area contributed by atoms with Crippen LogP contribution < -0.4 is 5.30 Å². The Hall–Kier alpha value is -1.03. The van der Waals surface area contributed by atoms with Crippen molar-refractivity contribution in [3.8, 4) is 0 Å². The Morgan fingerprint density at radius 3 is 1.37 bits per heavy atom. The van der Waals surface area contributed by atoms with Gasteiger partial charge in [-0.05, 0) is 42.5 Å². The van der Waals surface area contributed by atoms with E-state index in [1.807, 2.05) is 0 Å². The first-order valence-electron chi connectivity index (χ1n) is 8.12. The highest BCUT2D eigenvalue weighted by molar-refractivity contribution is 8.01. The molecule has 0 aliphatic rings. The second-order valence-electron chi connectivity index (χ2n) is 6.01. The molecule has 0 aliphatic carbocycles. The molecular weight excluding hydrogens is 532 g/mol. The van der Waals surface area contributed by atoms with Gasteiger partial charge in [-0.3, -0.25) is 9.59 Å². The molecule has 154 valence electrons. The molecule has 0 N–H and O–H groups in total. The monoisotopic (exact) mass is 538 g/mol. The average Bonchev–Trinajstić information content (AvgIpc) is 2.67. The third-order valence-corrected chi connectivity index (χ3v) is 8.77. The number of carbonyl (C=O) groups excluding carboxylic acids is 2. The predicted molar refractivity (Wildman–Crippen MR) is 125 cm³/mol. The minimum absolute atomic E-state index is 0.0733. The fourth-order valence-electron chi connectivity index (χ4n) is 2.77. The topological polar surface area (TPSA) is 51.2 Å². The Balaban J connectivity index is 2.37. The van der Waals surface area contributed by atoms with E-state index in [0.29, 0.717) is 0 Å². The molecule has 0 saturated heterocycles. The summed E-state index contributed by atoms with van der Waals surface area (Å²) in [6.07, 6.45) is 0. The van der Waals surface area contributed by atoms with Crippen molar-refractivity contribution in [2.75, 3.05) is 0 Å². The normalized spacial score (nSPS) is 11.4.